The molecule has 0 aliphatic rings. The summed E-state index contributed by atoms with van der Waals surface area (Å²) >= 11 is 5.06. The van der Waals surface area contributed by atoms with Crippen LogP contribution < -0.4 is 10.1 Å². The van der Waals surface area contributed by atoms with Gasteiger partial charge in [0.15, 0.2) is 0 Å². The molecule has 2 aromatic rings. The Hall–Kier alpha value is -1.46. The van der Waals surface area contributed by atoms with E-state index < -0.39 is 0 Å². The molecule has 1 N–H and O–H groups in total. The van der Waals surface area contributed by atoms with Gasteiger partial charge < -0.3 is 10.1 Å². The molecule has 2 rings (SSSR count). The van der Waals surface area contributed by atoms with Crippen molar-refractivity contribution in [3.05, 3.63) is 64.1 Å². The van der Waals surface area contributed by atoms with Crippen LogP contribution in [-0.4, -0.2) is 25.3 Å². The summed E-state index contributed by atoms with van der Waals surface area (Å²) < 4.78 is 6.36. The summed E-state index contributed by atoms with van der Waals surface area (Å²) in [4.78, 5) is 11.9. The number of rotatable bonds is 9. The number of nitrogens with one attached hydrogen (secondary N) is 1. The summed E-state index contributed by atoms with van der Waals surface area (Å²) in [7, 11) is 1.66. The van der Waals surface area contributed by atoms with Gasteiger partial charge in [-0.05, 0) is 36.6 Å². The zero-order valence-corrected chi connectivity index (χ0v) is 16.2. The molecule has 3 nitrogen and oxygen atoms in total. The van der Waals surface area contributed by atoms with Gasteiger partial charge in [-0.15, -0.1) is 11.8 Å². The van der Waals surface area contributed by atoms with Crippen LogP contribution in [0.3, 0.4) is 0 Å². The lowest BCUT2D eigenvalue weighted by atomic mass is 10.1. The largest absolute Gasteiger partial charge is 0.496 e. The van der Waals surface area contributed by atoms with Gasteiger partial charge in [-0.25, -0.2) is 0 Å². The molecular weight excluding hydrogens is 386 g/mol. The number of amides is 1. The molecule has 24 heavy (non-hydrogen) atoms. The summed E-state index contributed by atoms with van der Waals surface area (Å²) in [6.45, 7) is 0.717. The van der Waals surface area contributed by atoms with Gasteiger partial charge in [0.25, 0.3) is 0 Å². The number of benzene rings is 2. The van der Waals surface area contributed by atoms with E-state index >= 15 is 0 Å². The van der Waals surface area contributed by atoms with Crippen LogP contribution >= 0.6 is 27.7 Å². The third-order valence-corrected chi connectivity index (χ3v) is 5.02. The first-order valence-corrected chi connectivity index (χ1v) is 9.84. The SMILES string of the molecule is COc1ccc(Br)cc1CSCC(=O)NCCCc1ccccc1. The minimum absolute atomic E-state index is 0.0852. The van der Waals surface area contributed by atoms with Crippen molar-refractivity contribution in [2.45, 2.75) is 18.6 Å². The molecule has 0 fully saturated rings. The van der Waals surface area contributed by atoms with Gasteiger partial charge in [-0.1, -0.05) is 46.3 Å². The number of hydrogen-bond acceptors (Lipinski definition) is 3. The van der Waals surface area contributed by atoms with Crippen LogP contribution in [0.4, 0.5) is 0 Å². The number of thioether (sulfide) groups is 1. The first kappa shape index (κ1) is 18.9. The Morgan fingerprint density at radius 2 is 2.00 bits per heavy atom. The predicted octanol–water partition coefficient (Wildman–Crippen LogP) is 4.44. The summed E-state index contributed by atoms with van der Waals surface area (Å²) in [5.74, 6) is 2.15. The molecule has 1 amide bonds. The number of carbonyl (C=O) groups is 1. The van der Waals surface area contributed by atoms with Gasteiger partial charge in [0.05, 0.1) is 12.9 Å². The lowest BCUT2D eigenvalue weighted by Crippen LogP contribution is -2.26. The quantitative estimate of drug-likeness (QED) is 0.624. The topological polar surface area (TPSA) is 38.3 Å². The molecule has 0 aliphatic carbocycles. The fourth-order valence-corrected chi connectivity index (χ4v) is 3.57. The Labute approximate surface area is 156 Å². The number of aryl methyl sites for hydroxylation is 1. The molecule has 0 heterocycles. The number of halogens is 1. The second kappa shape index (κ2) is 10.4. The molecule has 0 aromatic heterocycles. The molecule has 0 unspecified atom stereocenters. The maximum Gasteiger partial charge on any atom is 0.230 e. The molecule has 2 aromatic carbocycles. The first-order chi connectivity index (χ1) is 11.7. The van der Waals surface area contributed by atoms with Crippen molar-refractivity contribution in [1.82, 2.24) is 5.32 Å². The molecule has 5 heteroatoms. The van der Waals surface area contributed by atoms with Gasteiger partial charge >= 0.3 is 0 Å². The van der Waals surface area contributed by atoms with Crippen molar-refractivity contribution >= 4 is 33.6 Å². The molecule has 0 spiro atoms. The fourth-order valence-electron chi connectivity index (χ4n) is 2.33. The van der Waals surface area contributed by atoms with Crippen molar-refractivity contribution in [2.75, 3.05) is 19.4 Å². The van der Waals surface area contributed by atoms with Crippen LogP contribution in [-0.2, 0) is 17.0 Å². The lowest BCUT2D eigenvalue weighted by molar-refractivity contribution is -0.118. The molecule has 0 atom stereocenters. The Bertz CT molecular complexity index is 649. The number of carbonyl (C=O) groups excluding carboxylic acids is 1. The van der Waals surface area contributed by atoms with E-state index in [0.29, 0.717) is 12.3 Å². The predicted molar refractivity (Wildman–Crippen MR) is 105 cm³/mol. The van der Waals surface area contributed by atoms with Crippen molar-refractivity contribution in [3.8, 4) is 5.75 Å². The monoisotopic (exact) mass is 407 g/mol. The Balaban J connectivity index is 1.64. The van der Waals surface area contributed by atoms with Gasteiger partial charge in [0, 0.05) is 22.3 Å². The van der Waals surface area contributed by atoms with Gasteiger partial charge in [-0.3, -0.25) is 4.79 Å². The number of hydrogen-bond donors (Lipinski definition) is 1. The average molecular weight is 408 g/mol. The van der Waals surface area contributed by atoms with Crippen LogP contribution in [0.25, 0.3) is 0 Å². The zero-order valence-electron chi connectivity index (χ0n) is 13.8. The molecule has 0 saturated carbocycles. The highest BCUT2D eigenvalue weighted by Crippen LogP contribution is 2.26. The van der Waals surface area contributed by atoms with E-state index in [9.17, 15) is 4.79 Å². The third kappa shape index (κ3) is 6.57. The van der Waals surface area contributed by atoms with E-state index in [1.165, 1.54) is 5.56 Å². The molecule has 0 radical (unpaired) electrons. The third-order valence-electron chi connectivity index (χ3n) is 3.54. The van der Waals surface area contributed by atoms with Gasteiger partial charge in [0.1, 0.15) is 5.75 Å². The zero-order chi connectivity index (χ0) is 17.2. The van der Waals surface area contributed by atoms with Crippen LogP contribution in [0.1, 0.15) is 17.5 Å². The minimum Gasteiger partial charge on any atom is -0.496 e. The van der Waals surface area contributed by atoms with Gasteiger partial charge in [-0.2, -0.15) is 0 Å². The summed E-state index contributed by atoms with van der Waals surface area (Å²) in [6.07, 6.45) is 1.95. The average Bonchev–Trinajstić information content (AvgIpc) is 2.60. The van der Waals surface area contributed by atoms with Gasteiger partial charge in [0.2, 0.25) is 5.91 Å². The highest BCUT2D eigenvalue weighted by molar-refractivity contribution is 9.10. The van der Waals surface area contributed by atoms with E-state index in [1.54, 1.807) is 18.9 Å². The van der Waals surface area contributed by atoms with Crippen LogP contribution in [0.5, 0.6) is 5.75 Å². The Kier molecular flexibility index (Phi) is 8.19. The van der Waals surface area contributed by atoms with Crippen LogP contribution in [0.2, 0.25) is 0 Å². The molecule has 0 saturated heterocycles. The minimum atomic E-state index is 0.0852. The van der Waals surface area contributed by atoms with E-state index in [2.05, 4.69) is 33.4 Å². The van der Waals surface area contributed by atoms with Crippen LogP contribution in [0.15, 0.2) is 53.0 Å². The second-order valence-corrected chi connectivity index (χ2v) is 7.29. The molecule has 0 bridgehead atoms. The maximum atomic E-state index is 11.9. The van der Waals surface area contributed by atoms with E-state index in [-0.39, 0.29) is 5.91 Å². The summed E-state index contributed by atoms with van der Waals surface area (Å²) in [5.41, 5.74) is 2.40. The normalized spacial score (nSPS) is 10.4. The lowest BCUT2D eigenvalue weighted by Gasteiger charge is -2.09. The molecule has 0 aliphatic heterocycles. The number of methoxy groups -OCH3 is 1. The Morgan fingerprint density at radius 1 is 1.21 bits per heavy atom. The van der Waals surface area contributed by atoms with Crippen molar-refractivity contribution in [3.63, 3.8) is 0 Å². The van der Waals surface area contributed by atoms with Crippen molar-refractivity contribution < 1.29 is 9.53 Å². The highest BCUT2D eigenvalue weighted by Gasteiger charge is 2.06. The fraction of sp³-hybridized carbons (Fsp3) is 0.316. The smallest absolute Gasteiger partial charge is 0.230 e. The second-order valence-electron chi connectivity index (χ2n) is 5.39. The molecule has 128 valence electrons. The van der Waals surface area contributed by atoms with Crippen LogP contribution in [0, 0.1) is 0 Å². The first-order valence-electron chi connectivity index (χ1n) is 7.90. The van der Waals surface area contributed by atoms with Crippen molar-refractivity contribution in [1.29, 1.82) is 0 Å². The van der Waals surface area contributed by atoms with E-state index in [1.807, 2.05) is 36.4 Å². The van der Waals surface area contributed by atoms with E-state index in [4.69, 9.17) is 4.74 Å². The van der Waals surface area contributed by atoms with Crippen molar-refractivity contribution in [2.24, 2.45) is 0 Å². The number of ether oxygens (including phenoxy) is 1. The van der Waals surface area contributed by atoms with E-state index in [0.717, 1.165) is 34.4 Å². The standard InChI is InChI=1S/C19H22BrNO2S/c1-23-18-10-9-17(20)12-16(18)13-24-14-19(22)21-11-5-8-15-6-3-2-4-7-15/h2-4,6-7,9-10,12H,5,8,11,13-14H2,1H3,(H,21,22). The summed E-state index contributed by atoms with van der Waals surface area (Å²) in [5, 5.41) is 2.98. The molecular formula is C19H22BrNO2S. The Morgan fingerprint density at radius 3 is 2.75 bits per heavy atom. The summed E-state index contributed by atoms with van der Waals surface area (Å²) in [6, 6.07) is 16.2. The highest BCUT2D eigenvalue weighted by atomic mass is 79.9. The maximum absolute atomic E-state index is 11.9.